The van der Waals surface area contributed by atoms with Crippen LogP contribution >= 0.6 is 0 Å². The molecule has 0 radical (unpaired) electrons. The number of hydrogen-bond donors (Lipinski definition) is 2. The zero-order valence-corrected chi connectivity index (χ0v) is 40.5. The Hall–Kier alpha value is -2.61. The van der Waals surface area contributed by atoms with Crippen molar-refractivity contribution in [2.45, 2.75) is 147 Å². The largest absolute Gasteiger partial charge is 2.00 e. The van der Waals surface area contributed by atoms with E-state index in [1.807, 2.05) is 12.1 Å². The normalized spacial score (nSPS) is 21.9. The van der Waals surface area contributed by atoms with Gasteiger partial charge in [0.25, 0.3) is 11.8 Å². The minimum atomic E-state index is -6.09. The summed E-state index contributed by atoms with van der Waals surface area (Å²) in [6, 6.07) is 10.9. The van der Waals surface area contributed by atoms with Gasteiger partial charge in [-0.25, -0.2) is 16.8 Å². The van der Waals surface area contributed by atoms with E-state index >= 15 is 0 Å². The quantitative estimate of drug-likeness (QED) is 0.0515. The number of benzene rings is 2. The summed E-state index contributed by atoms with van der Waals surface area (Å²) in [7, 11) is -12.2. The van der Waals surface area contributed by atoms with Crippen molar-refractivity contribution in [3.8, 4) is 0 Å². The zero-order chi connectivity index (χ0) is 48.5. The van der Waals surface area contributed by atoms with Crippen molar-refractivity contribution in [3.05, 3.63) is 69.1 Å². The van der Waals surface area contributed by atoms with Gasteiger partial charge in [0, 0.05) is 30.6 Å². The first-order valence-electron chi connectivity index (χ1n) is 20.8. The Kier molecular flexibility index (Phi) is 22.2. The first kappa shape index (κ1) is 59.4. The first-order valence-corrected chi connectivity index (χ1v) is 23.6. The monoisotopic (exact) mass is 970 g/mol. The van der Waals surface area contributed by atoms with Gasteiger partial charge in [0.05, 0.1) is 26.2 Å². The van der Waals surface area contributed by atoms with Crippen molar-refractivity contribution >= 4 is 66.5 Å². The third-order valence-corrected chi connectivity index (χ3v) is 12.3. The molecule has 0 bridgehead atoms. The summed E-state index contributed by atoms with van der Waals surface area (Å²) in [6.07, 6.45) is 4.65. The number of anilines is 2. The molecule has 2 aliphatic rings. The Balaban J connectivity index is 0.00000102. The molecule has 0 aromatic heterocycles. The number of rotatable bonds is 12. The number of piperidine rings is 2. The molecule has 2 saturated heterocycles. The molecule has 4 atom stereocenters. The predicted octanol–water partition coefficient (Wildman–Crippen LogP) is 8.60. The number of nitrogens with zero attached hydrogens (tertiary/aromatic N) is 2. The van der Waals surface area contributed by atoms with Gasteiger partial charge in [-0.1, -0.05) is 91.8 Å². The number of halogens is 6. The summed E-state index contributed by atoms with van der Waals surface area (Å²) in [4.78, 5) is 27.8. The second kappa shape index (κ2) is 23.9. The third kappa shape index (κ3) is 16.3. The van der Waals surface area contributed by atoms with Gasteiger partial charge in [-0.2, -0.15) is 26.3 Å². The summed E-state index contributed by atoms with van der Waals surface area (Å²) in [5.74, 6) is 0.462. The molecule has 2 fully saturated rings. The molecule has 2 amide bonds. The van der Waals surface area contributed by atoms with Gasteiger partial charge in [0.1, 0.15) is 0 Å². The average Bonchev–Trinajstić information content (AvgIpc) is 3.13. The van der Waals surface area contributed by atoms with Gasteiger partial charge >= 0.3 is 34.1 Å². The van der Waals surface area contributed by atoms with E-state index in [2.05, 4.69) is 90.3 Å². The number of carbonyl (C=O) groups is 2. The molecule has 0 saturated carbocycles. The van der Waals surface area contributed by atoms with E-state index in [1.165, 1.54) is 0 Å². The van der Waals surface area contributed by atoms with Crippen LogP contribution in [-0.2, 0) is 29.8 Å². The minimum Gasteiger partial charge on any atom is -0.741 e. The van der Waals surface area contributed by atoms with Gasteiger partial charge in [0.15, 0.2) is 32.3 Å². The van der Waals surface area contributed by atoms with Gasteiger partial charge in [0.2, 0.25) is 0 Å². The van der Waals surface area contributed by atoms with E-state index in [9.17, 15) is 46.3 Å². The van der Waals surface area contributed by atoms with E-state index in [0.29, 0.717) is 32.4 Å². The smallest absolute Gasteiger partial charge is 0.741 e. The van der Waals surface area contributed by atoms with Crippen molar-refractivity contribution < 1.29 is 71.2 Å². The van der Waals surface area contributed by atoms with Crippen molar-refractivity contribution in [2.75, 3.05) is 36.8 Å². The zero-order valence-electron chi connectivity index (χ0n) is 37.5. The topological polar surface area (TPSA) is 219 Å². The van der Waals surface area contributed by atoms with E-state index in [1.54, 1.807) is 0 Å². The molecule has 4 rings (SSSR count). The van der Waals surface area contributed by atoms with Crippen molar-refractivity contribution in [1.82, 2.24) is 0 Å². The van der Waals surface area contributed by atoms with Crippen LogP contribution in [0.3, 0.4) is 0 Å². The molecule has 2 heterocycles. The number of likely N-dealkylation sites (tertiary alicyclic amines) is 2. The number of carbonyl (C=O) groups excluding carboxylic acids is 2. The van der Waals surface area contributed by atoms with Gasteiger partial charge < -0.3 is 39.4 Å². The number of nitrogens with one attached hydrogen (secondary N) is 2. The molecular formula is C41H60F6MgN4O10S2. The maximum atomic E-state index is 14.4. The fourth-order valence-corrected chi connectivity index (χ4v) is 7.85. The maximum Gasteiger partial charge on any atom is 2.00 e. The third-order valence-electron chi connectivity index (χ3n) is 11.2. The number of para-hydroxylation sites is 2. The number of amides is 2. The summed E-state index contributed by atoms with van der Waals surface area (Å²) < 4.78 is 117. The summed E-state index contributed by atoms with van der Waals surface area (Å²) >= 11 is 0. The molecule has 64 heavy (non-hydrogen) atoms. The fourth-order valence-electron chi connectivity index (χ4n) is 7.85. The van der Waals surface area contributed by atoms with Crippen LogP contribution in [0.25, 0.3) is 0 Å². The van der Waals surface area contributed by atoms with Crippen LogP contribution in [0.15, 0.2) is 36.4 Å². The molecule has 360 valence electrons. The molecule has 2 N–H and O–H groups in total. The van der Waals surface area contributed by atoms with Crippen LogP contribution in [0.1, 0.15) is 146 Å². The second-order valence-corrected chi connectivity index (χ2v) is 19.9. The van der Waals surface area contributed by atoms with E-state index in [-0.39, 0.29) is 71.6 Å². The first-order chi connectivity index (χ1) is 28.7. The van der Waals surface area contributed by atoms with Crippen molar-refractivity contribution in [2.24, 2.45) is 0 Å². The Morgan fingerprint density at radius 3 is 1.06 bits per heavy atom. The van der Waals surface area contributed by atoms with Crippen LogP contribution in [0.4, 0.5) is 37.7 Å². The SMILES string of the molecule is CC(C)c1cccc(C(C)C)c1NC(=O)[C@@H]1CCCC[N+]1([O-])CCC[N+]1([O-])CCCC[C@H]1C(=O)Nc1c(C(C)C)cccc1C(C)C.O=S(=O)([O-])C(F)(F)F.O=S(=O)([O-])C(F)(F)F.[Mg+2]. The number of alkyl halides is 6. The van der Waals surface area contributed by atoms with Gasteiger partial charge in [-0.3, -0.25) is 9.59 Å². The van der Waals surface area contributed by atoms with Crippen LogP contribution in [0.5, 0.6) is 0 Å². The van der Waals surface area contributed by atoms with Crippen LogP contribution in [0.2, 0.25) is 0 Å². The number of hydrogen-bond acceptors (Lipinski definition) is 10. The molecule has 2 aromatic carbocycles. The molecule has 14 nitrogen and oxygen atoms in total. The number of hydroxylamine groups is 6. The van der Waals surface area contributed by atoms with Crippen LogP contribution in [-0.4, -0.2) is 119 Å². The Morgan fingerprint density at radius 1 is 0.594 bits per heavy atom. The molecule has 2 aliphatic heterocycles. The molecule has 23 heteroatoms. The summed E-state index contributed by atoms with van der Waals surface area (Å²) in [5, 5.41) is 35.3. The van der Waals surface area contributed by atoms with Gasteiger partial charge in [-0.15, -0.1) is 0 Å². The molecule has 2 aromatic rings. The Morgan fingerprint density at radius 2 is 0.844 bits per heavy atom. The van der Waals surface area contributed by atoms with Gasteiger partial charge in [-0.05, 0) is 71.6 Å². The molecule has 0 spiro atoms. The van der Waals surface area contributed by atoms with Crippen molar-refractivity contribution in [3.63, 3.8) is 0 Å². The Bertz CT molecular complexity index is 1890. The predicted molar refractivity (Wildman–Crippen MR) is 230 cm³/mol. The van der Waals surface area contributed by atoms with E-state index < -0.39 is 52.6 Å². The van der Waals surface area contributed by atoms with E-state index in [4.69, 9.17) is 25.9 Å². The van der Waals surface area contributed by atoms with Crippen LogP contribution in [0, 0.1) is 10.4 Å². The average molecular weight is 971 g/mol. The molecule has 0 aliphatic carbocycles. The second-order valence-electron chi connectivity index (χ2n) is 17.2. The standard InChI is InChI=1S/C39H60N4O4.2CHF3O3S.Mg/c1-26(2)30-16-13-17-31(27(3)4)36(30)40-38(44)34-20-9-11-22-42(34,46)24-15-25-43(47)23-12-10-21-35(43)39(45)41-37-32(28(5)6)18-14-19-33(37)29(7)8;2*2-1(3,4)8(5,6)7;/h13-14,16-19,26-29,34-35H,9-12,15,20-25H2,1-8H3,(H,40,44)(H,41,45);2*(H,5,6,7);/q;;;+2/p-2/t34-,35-,42?,43?;;;/m0.../s1. The molecule has 2 unspecified atom stereocenters. The van der Waals surface area contributed by atoms with Crippen LogP contribution < -0.4 is 10.6 Å². The maximum absolute atomic E-state index is 14.4. The summed E-state index contributed by atoms with van der Waals surface area (Å²) in [6.45, 7) is 18.1. The fraction of sp³-hybridized carbons (Fsp3) is 0.659. The minimum absolute atomic E-state index is 0. The Labute approximate surface area is 388 Å². The number of quaternary nitrogens is 2. The van der Waals surface area contributed by atoms with E-state index in [0.717, 1.165) is 59.3 Å². The molecular weight excluding hydrogens is 911 g/mol. The van der Waals surface area contributed by atoms with Crippen molar-refractivity contribution in [1.29, 1.82) is 0 Å². The summed E-state index contributed by atoms with van der Waals surface area (Å²) in [5.41, 5.74) is -5.31.